The van der Waals surface area contributed by atoms with E-state index >= 15 is 0 Å². The molecule has 3 heterocycles. The van der Waals surface area contributed by atoms with Gasteiger partial charge < -0.3 is 34.4 Å². The molecule has 1 unspecified atom stereocenters. The summed E-state index contributed by atoms with van der Waals surface area (Å²) >= 11 is 0. The number of nitrogens with one attached hydrogen (secondary N) is 2. The molecule has 0 bridgehead atoms. The van der Waals surface area contributed by atoms with Crippen LogP contribution in [0.4, 0.5) is 4.39 Å². The molecule has 270 valence electrons. The zero-order chi connectivity index (χ0) is 37.4. The Bertz CT molecular complexity index is 2280. The van der Waals surface area contributed by atoms with Crippen LogP contribution in [0.5, 0.6) is 5.88 Å². The van der Waals surface area contributed by atoms with Crippen molar-refractivity contribution in [3.8, 4) is 5.88 Å². The number of nitrogens with zero attached hydrogens (tertiary/aromatic N) is 5. The van der Waals surface area contributed by atoms with Crippen LogP contribution in [0.2, 0.25) is 0 Å². The topological polar surface area (TPSA) is 218 Å². The molecule has 0 aliphatic rings. The predicted molar refractivity (Wildman–Crippen MR) is 180 cm³/mol. The molecule has 0 fully saturated rings. The number of aryl methyl sites for hydroxylation is 1. The number of aliphatic hydroxyl groups excluding tert-OH is 1. The fourth-order valence-corrected chi connectivity index (χ4v) is 5.13. The number of carboxylic acid groups (broad SMARTS) is 1. The van der Waals surface area contributed by atoms with E-state index in [1.165, 1.54) is 36.8 Å². The van der Waals surface area contributed by atoms with Crippen LogP contribution in [0.1, 0.15) is 78.2 Å². The van der Waals surface area contributed by atoms with Gasteiger partial charge in [0.2, 0.25) is 12.7 Å². The van der Waals surface area contributed by atoms with Gasteiger partial charge in [-0.1, -0.05) is 56.3 Å². The minimum Gasteiger partial charge on any atom is -0.548 e. The maximum Gasteiger partial charge on any atom is 1.00 e. The number of hydrogen-bond donors (Lipinski definition) is 3. The first-order valence-electron chi connectivity index (χ1n) is 16.1. The monoisotopic (exact) mass is 735 g/mol. The quantitative estimate of drug-likeness (QED) is 0.0471. The van der Waals surface area contributed by atoms with Crippen molar-refractivity contribution >= 4 is 29.9 Å². The Morgan fingerprint density at radius 3 is 2.53 bits per heavy atom. The first kappa shape index (κ1) is 40.5. The maximum atomic E-state index is 13.7. The number of aliphatic hydroxyl groups is 1. The van der Waals surface area contributed by atoms with Gasteiger partial charge in [0.05, 0.1) is 30.3 Å². The van der Waals surface area contributed by atoms with E-state index in [2.05, 4.69) is 30.2 Å². The summed E-state index contributed by atoms with van der Waals surface area (Å²) in [6.45, 7) is 4.70. The summed E-state index contributed by atoms with van der Waals surface area (Å²) in [5.74, 6) is -3.14. The van der Waals surface area contributed by atoms with Gasteiger partial charge in [-0.15, -0.1) is 5.10 Å². The number of hydrogen-bond acceptors (Lipinski definition) is 12. The largest absolute Gasteiger partial charge is 1.00 e. The Kier molecular flexibility index (Phi) is 13.7. The molecular weight excluding hydrogens is 700 g/mol. The van der Waals surface area contributed by atoms with Gasteiger partial charge in [-0.2, -0.15) is 0 Å². The minimum absolute atomic E-state index is 0. The molecule has 3 aromatic heterocycles. The van der Waals surface area contributed by atoms with Crippen molar-refractivity contribution in [3.05, 3.63) is 122 Å². The van der Waals surface area contributed by atoms with Crippen LogP contribution in [0, 0.1) is 5.82 Å². The van der Waals surface area contributed by atoms with Crippen LogP contribution in [0.25, 0.3) is 12.2 Å². The summed E-state index contributed by atoms with van der Waals surface area (Å²) in [5, 5.41) is 28.0. The molecule has 0 saturated heterocycles. The minimum atomic E-state index is -1.51. The SMILES string of the molecule is CC(C)(C)c1[nH]cnc1/C=c1\[nH]c(=O)/c(=C/c2cccc(C(=O)c3cccc(F)c3)c2)nc1OCOC(=O)CCCc1cn(C(CO)C(=O)[O-])nn1.[Na+]. The Morgan fingerprint density at radius 2 is 1.83 bits per heavy atom. The van der Waals surface area contributed by atoms with Gasteiger partial charge in [-0.05, 0) is 48.8 Å². The van der Waals surface area contributed by atoms with E-state index in [9.17, 15) is 33.8 Å². The summed E-state index contributed by atoms with van der Waals surface area (Å²) in [5.41, 5.74) is 1.72. The zero-order valence-electron chi connectivity index (χ0n) is 29.5. The van der Waals surface area contributed by atoms with Crippen LogP contribution in [-0.2, 0) is 26.2 Å². The Balaban J connectivity index is 0.00000627. The molecule has 0 aliphatic carbocycles. The third kappa shape index (κ3) is 10.6. The number of halogens is 1. The van der Waals surface area contributed by atoms with Gasteiger partial charge in [0.15, 0.2) is 5.78 Å². The molecule has 0 spiro atoms. The number of aromatic nitrogens is 7. The van der Waals surface area contributed by atoms with Crippen molar-refractivity contribution in [2.75, 3.05) is 13.4 Å². The summed E-state index contributed by atoms with van der Waals surface area (Å²) in [7, 11) is 0. The number of carbonyl (C=O) groups is 3. The first-order chi connectivity index (χ1) is 24.8. The number of aromatic amines is 2. The van der Waals surface area contributed by atoms with Crippen LogP contribution >= 0.6 is 0 Å². The molecule has 0 aliphatic heterocycles. The van der Waals surface area contributed by atoms with Crippen LogP contribution < -0.4 is 55.7 Å². The number of ether oxygens (including phenoxy) is 2. The van der Waals surface area contributed by atoms with Gasteiger partial charge >= 0.3 is 35.5 Å². The smallest absolute Gasteiger partial charge is 0.548 e. The van der Waals surface area contributed by atoms with Gasteiger partial charge in [0.25, 0.3) is 5.56 Å². The van der Waals surface area contributed by atoms with Crippen molar-refractivity contribution in [1.29, 1.82) is 0 Å². The predicted octanol–water partition coefficient (Wildman–Crippen LogP) is -2.40. The van der Waals surface area contributed by atoms with E-state index in [0.717, 1.165) is 16.4 Å². The summed E-state index contributed by atoms with van der Waals surface area (Å²) < 4.78 is 25.7. The van der Waals surface area contributed by atoms with Crippen LogP contribution in [-0.4, -0.2) is 71.2 Å². The average Bonchev–Trinajstić information content (AvgIpc) is 3.77. The Morgan fingerprint density at radius 1 is 1.09 bits per heavy atom. The van der Waals surface area contributed by atoms with Gasteiger partial charge in [0, 0.05) is 34.9 Å². The summed E-state index contributed by atoms with van der Waals surface area (Å²) in [6, 6.07) is 10.4. The molecule has 0 saturated carbocycles. The number of ketones is 1. The molecule has 2 aromatic carbocycles. The molecule has 15 nitrogen and oxygen atoms in total. The number of esters is 1. The number of aliphatic carboxylic acids is 1. The normalized spacial score (nSPS) is 12.6. The van der Waals surface area contributed by atoms with Gasteiger partial charge in [-0.25, -0.2) is 19.0 Å². The van der Waals surface area contributed by atoms with Crippen molar-refractivity contribution < 1.29 is 68.0 Å². The maximum absolute atomic E-state index is 13.7. The molecule has 1 atom stereocenters. The van der Waals surface area contributed by atoms with E-state index < -0.39 is 48.5 Å². The van der Waals surface area contributed by atoms with Crippen molar-refractivity contribution in [2.45, 2.75) is 51.5 Å². The Hall–Kier alpha value is -5.29. The van der Waals surface area contributed by atoms with Crippen LogP contribution in [0.3, 0.4) is 0 Å². The third-order valence-corrected chi connectivity index (χ3v) is 7.72. The molecular formula is C36H35FN7NaO8. The molecule has 0 amide bonds. The number of carboxylic acids is 1. The number of benzene rings is 2. The number of H-pyrrole nitrogens is 2. The second-order valence-corrected chi connectivity index (χ2v) is 12.7. The van der Waals surface area contributed by atoms with Gasteiger partial charge in [0.1, 0.15) is 22.6 Å². The second-order valence-electron chi connectivity index (χ2n) is 12.7. The van der Waals surface area contributed by atoms with Gasteiger partial charge in [-0.3, -0.25) is 14.4 Å². The Labute approximate surface area is 323 Å². The summed E-state index contributed by atoms with van der Waals surface area (Å²) in [6.07, 6.45) is 6.43. The van der Waals surface area contributed by atoms with Crippen molar-refractivity contribution in [3.63, 3.8) is 0 Å². The number of imidazole rings is 1. The van der Waals surface area contributed by atoms with Crippen molar-refractivity contribution in [1.82, 2.24) is 34.9 Å². The second kappa shape index (κ2) is 18.0. The first-order valence-corrected chi connectivity index (χ1v) is 16.1. The fourth-order valence-electron chi connectivity index (χ4n) is 5.13. The van der Waals surface area contributed by atoms with E-state index in [-0.39, 0.29) is 81.9 Å². The number of rotatable bonds is 14. The molecule has 17 heteroatoms. The van der Waals surface area contributed by atoms with E-state index in [4.69, 9.17) is 9.47 Å². The molecule has 0 radical (unpaired) electrons. The van der Waals surface area contributed by atoms with E-state index in [1.807, 2.05) is 20.8 Å². The average molecular weight is 736 g/mol. The molecule has 53 heavy (non-hydrogen) atoms. The summed E-state index contributed by atoms with van der Waals surface area (Å²) in [4.78, 5) is 64.6. The number of carbonyl (C=O) groups excluding carboxylic acids is 3. The van der Waals surface area contributed by atoms with E-state index in [0.29, 0.717) is 17.0 Å². The molecule has 3 N–H and O–H groups in total. The zero-order valence-corrected chi connectivity index (χ0v) is 31.5. The van der Waals surface area contributed by atoms with Crippen molar-refractivity contribution in [2.24, 2.45) is 0 Å². The standard InChI is InChI=1S/C36H36FN7O8.Na/c1-36(2,3)32-26(38-19-39-32)16-28-34(52-20-51-30(46)12-6-11-25-17-44(43-42-25)29(18-45)35(49)50)41-27(33(48)40-28)14-21-7-4-8-22(13-21)31(47)23-9-5-10-24(37)15-23;/h4-5,7-10,13-17,19,29,45H,6,11-12,18,20H2,1-3H3,(H,38,39)(H,40,48)(H,49,50);/q;+1/p-1/b27-14-,28-16-;. The van der Waals surface area contributed by atoms with E-state index in [1.54, 1.807) is 30.3 Å². The fraction of sp³-hybridized carbons (Fsp3) is 0.278. The van der Waals surface area contributed by atoms with Crippen LogP contribution in [0.15, 0.2) is 65.8 Å². The molecule has 5 aromatic rings. The third-order valence-electron chi connectivity index (χ3n) is 7.72. The molecule has 5 rings (SSSR count).